The standard InChI is InChI=1S/C23H24N8/c1-12-10-24-22(26-12)14-3-5-16-18(7-14)30-20(28-16)9-21-29-17-6-4-15(8-19(17)31-21)23-25-11-13(2)27-23/h3-8,12-13H,9-11H2,1-2H3,(H,24,26)(H,25,27)(H,28,30)(H,29,31). The molecular formula is C23H24N8. The lowest BCUT2D eigenvalue weighted by Crippen LogP contribution is -2.20. The van der Waals surface area contributed by atoms with Gasteiger partial charge in [-0.2, -0.15) is 0 Å². The van der Waals surface area contributed by atoms with Crippen LogP contribution in [-0.4, -0.2) is 56.8 Å². The molecule has 6 rings (SSSR count). The number of nitrogens with one attached hydrogen (secondary N) is 4. The average molecular weight is 413 g/mol. The van der Waals surface area contributed by atoms with Crippen LogP contribution in [0.2, 0.25) is 0 Å². The maximum Gasteiger partial charge on any atom is 0.128 e. The van der Waals surface area contributed by atoms with E-state index in [2.05, 4.69) is 80.8 Å². The molecule has 0 fully saturated rings. The first-order valence-electron chi connectivity index (χ1n) is 10.7. The third-order valence-electron chi connectivity index (χ3n) is 5.77. The number of hydrogen-bond acceptors (Lipinski definition) is 6. The quantitative estimate of drug-likeness (QED) is 0.413. The molecule has 4 aromatic rings. The lowest BCUT2D eigenvalue weighted by Gasteiger charge is -2.01. The van der Waals surface area contributed by atoms with Crippen molar-refractivity contribution in [2.24, 2.45) is 9.98 Å². The summed E-state index contributed by atoms with van der Waals surface area (Å²) < 4.78 is 0. The molecular weight excluding hydrogens is 388 g/mol. The molecule has 8 nitrogen and oxygen atoms in total. The van der Waals surface area contributed by atoms with Crippen molar-refractivity contribution >= 4 is 33.7 Å². The molecule has 2 atom stereocenters. The summed E-state index contributed by atoms with van der Waals surface area (Å²) in [6, 6.07) is 13.1. The van der Waals surface area contributed by atoms with Crippen LogP contribution in [0.15, 0.2) is 46.4 Å². The predicted molar refractivity (Wildman–Crippen MR) is 123 cm³/mol. The number of hydrogen-bond donors (Lipinski definition) is 4. The van der Waals surface area contributed by atoms with Crippen LogP contribution in [0.25, 0.3) is 22.1 Å². The highest BCUT2D eigenvalue weighted by Crippen LogP contribution is 2.19. The zero-order valence-corrected chi connectivity index (χ0v) is 17.5. The van der Waals surface area contributed by atoms with Crippen molar-refractivity contribution in [1.29, 1.82) is 0 Å². The number of nitrogens with zero attached hydrogens (tertiary/aromatic N) is 4. The fraction of sp³-hybridized carbons (Fsp3) is 0.304. The van der Waals surface area contributed by atoms with E-state index >= 15 is 0 Å². The SMILES string of the molecule is CC1CNC(c2ccc3[nH]c(Cc4nc5cc(C6=NC(C)CN6)ccc5[nH]4)nc3c2)=N1. The number of amidine groups is 2. The second-order valence-corrected chi connectivity index (χ2v) is 8.42. The van der Waals surface area contributed by atoms with Gasteiger partial charge in [-0.1, -0.05) is 0 Å². The minimum atomic E-state index is 0.314. The van der Waals surface area contributed by atoms with Gasteiger partial charge in [0.1, 0.15) is 23.3 Å². The van der Waals surface area contributed by atoms with Gasteiger partial charge in [0.15, 0.2) is 0 Å². The Kier molecular flexibility index (Phi) is 4.05. The first kappa shape index (κ1) is 18.1. The number of aliphatic imine (C=N–C) groups is 2. The lowest BCUT2D eigenvalue weighted by atomic mass is 10.2. The Hall–Kier alpha value is -3.68. The smallest absolute Gasteiger partial charge is 0.128 e. The molecule has 0 aliphatic carbocycles. The number of imidazole rings is 2. The van der Waals surface area contributed by atoms with Crippen LogP contribution in [0.4, 0.5) is 0 Å². The molecule has 31 heavy (non-hydrogen) atoms. The Morgan fingerprint density at radius 2 is 1.23 bits per heavy atom. The van der Waals surface area contributed by atoms with Crippen LogP contribution < -0.4 is 10.6 Å². The molecule has 0 amide bonds. The van der Waals surface area contributed by atoms with E-state index in [0.717, 1.165) is 69.6 Å². The van der Waals surface area contributed by atoms with Gasteiger partial charge in [-0.15, -0.1) is 0 Å². The summed E-state index contributed by atoms with van der Waals surface area (Å²) >= 11 is 0. The van der Waals surface area contributed by atoms with E-state index in [-0.39, 0.29) is 0 Å². The summed E-state index contributed by atoms with van der Waals surface area (Å²) in [5, 5.41) is 6.72. The minimum Gasteiger partial charge on any atom is -0.368 e. The van der Waals surface area contributed by atoms with Crippen LogP contribution in [0.1, 0.15) is 36.6 Å². The highest BCUT2D eigenvalue weighted by atomic mass is 15.1. The van der Waals surface area contributed by atoms with Crippen molar-refractivity contribution in [1.82, 2.24) is 30.6 Å². The Balaban J connectivity index is 1.27. The van der Waals surface area contributed by atoms with Crippen LogP contribution in [0.3, 0.4) is 0 Å². The van der Waals surface area contributed by atoms with E-state index in [1.54, 1.807) is 0 Å². The molecule has 2 aromatic heterocycles. The van der Waals surface area contributed by atoms with Crippen molar-refractivity contribution < 1.29 is 0 Å². The van der Waals surface area contributed by atoms with E-state index in [1.807, 2.05) is 0 Å². The van der Waals surface area contributed by atoms with Crippen LogP contribution in [-0.2, 0) is 6.42 Å². The van der Waals surface area contributed by atoms with Gasteiger partial charge in [-0.3, -0.25) is 9.98 Å². The normalized spacial score (nSPS) is 20.7. The average Bonchev–Trinajstić information content (AvgIpc) is 3.52. The predicted octanol–water partition coefficient (Wildman–Crippen LogP) is 2.51. The fourth-order valence-corrected chi connectivity index (χ4v) is 4.20. The third kappa shape index (κ3) is 3.34. The number of rotatable bonds is 4. The number of aromatic nitrogens is 4. The largest absolute Gasteiger partial charge is 0.368 e. The van der Waals surface area contributed by atoms with Crippen molar-refractivity contribution in [3.8, 4) is 0 Å². The first-order chi connectivity index (χ1) is 15.1. The topological polar surface area (TPSA) is 106 Å². The summed E-state index contributed by atoms with van der Waals surface area (Å²) in [6.45, 7) is 5.99. The molecule has 0 spiro atoms. The molecule has 0 radical (unpaired) electrons. The maximum atomic E-state index is 4.79. The van der Waals surface area contributed by atoms with E-state index in [9.17, 15) is 0 Å². The van der Waals surface area contributed by atoms with Crippen molar-refractivity contribution in [3.63, 3.8) is 0 Å². The Morgan fingerprint density at radius 1 is 0.742 bits per heavy atom. The number of fused-ring (bicyclic) bond motifs is 2. The number of aromatic amines is 2. The van der Waals surface area contributed by atoms with Crippen molar-refractivity contribution in [2.75, 3.05) is 13.1 Å². The molecule has 2 aromatic carbocycles. The monoisotopic (exact) mass is 412 g/mol. The third-order valence-corrected chi connectivity index (χ3v) is 5.77. The van der Waals surface area contributed by atoms with Gasteiger partial charge >= 0.3 is 0 Å². The van der Waals surface area contributed by atoms with E-state index < -0.39 is 0 Å². The molecule has 0 saturated heterocycles. The van der Waals surface area contributed by atoms with Gasteiger partial charge in [-0.25, -0.2) is 9.97 Å². The van der Waals surface area contributed by atoms with Gasteiger partial charge in [0.25, 0.3) is 0 Å². The Labute approximate surface area is 179 Å². The summed E-state index contributed by atoms with van der Waals surface area (Å²) in [6.07, 6.45) is 0.612. The minimum absolute atomic E-state index is 0.314. The molecule has 4 heterocycles. The van der Waals surface area contributed by atoms with Crippen LogP contribution >= 0.6 is 0 Å². The maximum absolute atomic E-state index is 4.79. The van der Waals surface area contributed by atoms with E-state index in [1.165, 1.54) is 0 Å². The van der Waals surface area contributed by atoms with Crippen LogP contribution in [0, 0.1) is 0 Å². The Morgan fingerprint density at radius 3 is 1.65 bits per heavy atom. The van der Waals surface area contributed by atoms with Gasteiger partial charge in [0.2, 0.25) is 0 Å². The molecule has 2 unspecified atom stereocenters. The molecule has 156 valence electrons. The molecule has 2 aliphatic heterocycles. The number of H-pyrrole nitrogens is 2. The molecule has 8 heteroatoms. The second-order valence-electron chi connectivity index (χ2n) is 8.42. The molecule has 2 aliphatic rings. The first-order valence-corrected chi connectivity index (χ1v) is 10.7. The van der Waals surface area contributed by atoms with Crippen molar-refractivity contribution in [2.45, 2.75) is 32.4 Å². The highest BCUT2D eigenvalue weighted by Gasteiger charge is 2.17. The number of benzene rings is 2. The summed E-state index contributed by atoms with van der Waals surface area (Å²) in [5.41, 5.74) is 6.06. The fourth-order valence-electron chi connectivity index (χ4n) is 4.20. The summed E-state index contributed by atoms with van der Waals surface area (Å²) in [5.74, 6) is 3.67. The zero-order valence-electron chi connectivity index (χ0n) is 17.5. The van der Waals surface area contributed by atoms with E-state index in [0.29, 0.717) is 18.5 Å². The molecule has 4 N–H and O–H groups in total. The van der Waals surface area contributed by atoms with E-state index in [4.69, 9.17) is 9.97 Å². The van der Waals surface area contributed by atoms with Crippen LogP contribution in [0.5, 0.6) is 0 Å². The zero-order chi connectivity index (χ0) is 20.9. The molecule has 0 bridgehead atoms. The van der Waals surface area contributed by atoms with Crippen molar-refractivity contribution in [3.05, 3.63) is 59.2 Å². The van der Waals surface area contributed by atoms with Gasteiger partial charge in [-0.05, 0) is 50.2 Å². The highest BCUT2D eigenvalue weighted by molar-refractivity contribution is 6.03. The lowest BCUT2D eigenvalue weighted by molar-refractivity contribution is 0.766. The Bertz CT molecular complexity index is 1250. The molecule has 0 saturated carbocycles. The second kappa shape index (κ2) is 6.94. The summed E-state index contributed by atoms with van der Waals surface area (Å²) in [7, 11) is 0. The van der Waals surface area contributed by atoms with Gasteiger partial charge < -0.3 is 20.6 Å². The summed E-state index contributed by atoms with van der Waals surface area (Å²) in [4.78, 5) is 25.7. The van der Waals surface area contributed by atoms with Gasteiger partial charge in [0, 0.05) is 24.2 Å². The van der Waals surface area contributed by atoms with Gasteiger partial charge in [0.05, 0.1) is 40.6 Å².